The topological polar surface area (TPSA) is 37.8 Å². The molecule has 0 aliphatic heterocycles. The maximum atomic E-state index is 12.3. The Morgan fingerprint density at radius 2 is 1.89 bits per heavy atom. The number of aromatic nitrogens is 2. The van der Waals surface area contributed by atoms with Gasteiger partial charge in [-0.1, -0.05) is 11.6 Å². The van der Waals surface area contributed by atoms with Crippen LogP contribution < -0.4 is 5.32 Å². The van der Waals surface area contributed by atoms with Gasteiger partial charge in [0, 0.05) is 6.20 Å². The minimum absolute atomic E-state index is 0.392. The normalized spacial score (nSPS) is 11.4. The molecule has 0 saturated carbocycles. The van der Waals surface area contributed by atoms with E-state index in [0.29, 0.717) is 21.0 Å². The van der Waals surface area contributed by atoms with Gasteiger partial charge in [0.05, 0.1) is 21.4 Å². The van der Waals surface area contributed by atoms with Gasteiger partial charge in [-0.15, -0.1) is 0 Å². The quantitative estimate of drug-likeness (QED) is 0.854. The summed E-state index contributed by atoms with van der Waals surface area (Å²) >= 11 is 8.97. The number of nitrogens with zero attached hydrogens (tertiary/aromatic N) is 2. The molecule has 0 fully saturated rings. The molecule has 0 radical (unpaired) electrons. The van der Waals surface area contributed by atoms with E-state index in [-0.39, 0.29) is 0 Å². The summed E-state index contributed by atoms with van der Waals surface area (Å²) in [5.74, 6) is 0.436. The van der Waals surface area contributed by atoms with Crippen molar-refractivity contribution in [2.24, 2.45) is 0 Å². The first-order valence-electron chi connectivity index (χ1n) is 4.97. The summed E-state index contributed by atoms with van der Waals surface area (Å²) < 4.78 is 37.6. The third-order valence-electron chi connectivity index (χ3n) is 2.12. The third kappa shape index (κ3) is 3.57. The molecule has 3 nitrogen and oxygen atoms in total. The Balaban J connectivity index is 2.20. The summed E-state index contributed by atoms with van der Waals surface area (Å²) in [6.07, 6.45) is -1.94. The van der Waals surface area contributed by atoms with E-state index in [4.69, 9.17) is 11.6 Å². The van der Waals surface area contributed by atoms with E-state index in [1.165, 1.54) is 12.3 Å². The molecular formula is C11H6BrClF3N3. The van der Waals surface area contributed by atoms with Crippen molar-refractivity contribution in [2.75, 3.05) is 5.32 Å². The van der Waals surface area contributed by atoms with Crippen LogP contribution in [-0.4, -0.2) is 9.97 Å². The van der Waals surface area contributed by atoms with Crippen molar-refractivity contribution in [3.63, 3.8) is 0 Å². The van der Waals surface area contributed by atoms with Crippen LogP contribution in [0.2, 0.25) is 5.02 Å². The number of hydrogen-bond donors (Lipinski definition) is 1. The van der Waals surface area contributed by atoms with Crippen LogP contribution in [-0.2, 0) is 6.18 Å². The molecule has 0 bridgehead atoms. The zero-order chi connectivity index (χ0) is 14.0. The highest BCUT2D eigenvalue weighted by Crippen LogP contribution is 2.29. The summed E-state index contributed by atoms with van der Waals surface area (Å²) in [5.41, 5.74) is -0.551. The number of rotatable bonds is 2. The predicted octanol–water partition coefficient (Wildman–Crippen LogP) is 4.65. The first-order valence-corrected chi connectivity index (χ1v) is 6.14. The molecule has 2 heterocycles. The number of nitrogens with one attached hydrogen (secondary N) is 1. The van der Waals surface area contributed by atoms with Gasteiger partial charge in [0.15, 0.2) is 0 Å². The van der Waals surface area contributed by atoms with Crippen LogP contribution in [0.5, 0.6) is 0 Å². The lowest BCUT2D eigenvalue weighted by Crippen LogP contribution is -2.07. The number of halogens is 5. The van der Waals surface area contributed by atoms with Crippen LogP contribution in [0.25, 0.3) is 0 Å². The Morgan fingerprint density at radius 3 is 2.42 bits per heavy atom. The van der Waals surface area contributed by atoms with Crippen molar-refractivity contribution in [1.82, 2.24) is 9.97 Å². The Labute approximate surface area is 120 Å². The minimum atomic E-state index is -4.45. The van der Waals surface area contributed by atoms with E-state index in [2.05, 4.69) is 31.2 Å². The summed E-state index contributed by atoms with van der Waals surface area (Å²) in [7, 11) is 0. The molecule has 2 aromatic rings. The molecule has 0 unspecified atom stereocenters. The molecule has 0 spiro atoms. The van der Waals surface area contributed by atoms with Gasteiger partial charge in [0.2, 0.25) is 0 Å². The summed E-state index contributed by atoms with van der Waals surface area (Å²) in [5, 5.41) is 3.28. The average Bonchev–Trinajstić information content (AvgIpc) is 2.32. The Kier molecular flexibility index (Phi) is 3.96. The summed E-state index contributed by atoms with van der Waals surface area (Å²) in [6, 6.07) is 3.79. The van der Waals surface area contributed by atoms with E-state index in [0.717, 1.165) is 12.3 Å². The average molecular weight is 353 g/mol. The second-order valence-corrected chi connectivity index (χ2v) is 4.83. The first kappa shape index (κ1) is 14.1. The van der Waals surface area contributed by atoms with Crippen molar-refractivity contribution >= 4 is 39.0 Å². The monoisotopic (exact) mass is 351 g/mol. The molecule has 2 rings (SSSR count). The Bertz CT molecular complexity index is 587. The van der Waals surface area contributed by atoms with Gasteiger partial charge in [-0.25, -0.2) is 9.97 Å². The molecular weight excluding hydrogens is 346 g/mol. The molecule has 8 heteroatoms. The number of alkyl halides is 3. The standard InChI is InChI=1S/C11H6BrClF3N3/c12-8-3-6(13)4-18-10(8)19-7-1-2-9(17-5-7)11(14,15)16/h1-5H,(H,18,19). The van der Waals surface area contributed by atoms with Crippen LogP contribution in [0, 0.1) is 0 Å². The summed E-state index contributed by atoms with van der Waals surface area (Å²) in [6.45, 7) is 0. The highest BCUT2D eigenvalue weighted by Gasteiger charge is 2.32. The van der Waals surface area contributed by atoms with Crippen LogP contribution >= 0.6 is 27.5 Å². The van der Waals surface area contributed by atoms with Gasteiger partial charge in [-0.2, -0.15) is 13.2 Å². The van der Waals surface area contributed by atoms with Crippen LogP contribution in [0.1, 0.15) is 5.69 Å². The smallest absolute Gasteiger partial charge is 0.338 e. The van der Waals surface area contributed by atoms with E-state index in [9.17, 15) is 13.2 Å². The second-order valence-electron chi connectivity index (χ2n) is 3.54. The zero-order valence-corrected chi connectivity index (χ0v) is 11.5. The lowest BCUT2D eigenvalue weighted by Gasteiger charge is -2.09. The van der Waals surface area contributed by atoms with E-state index in [1.807, 2.05) is 0 Å². The van der Waals surface area contributed by atoms with Crippen molar-refractivity contribution in [3.8, 4) is 0 Å². The Morgan fingerprint density at radius 1 is 1.16 bits per heavy atom. The van der Waals surface area contributed by atoms with Crippen LogP contribution in [0.15, 0.2) is 35.1 Å². The van der Waals surface area contributed by atoms with Gasteiger partial charge in [0.1, 0.15) is 11.5 Å². The van der Waals surface area contributed by atoms with Gasteiger partial charge in [-0.05, 0) is 34.1 Å². The van der Waals surface area contributed by atoms with E-state index < -0.39 is 11.9 Å². The van der Waals surface area contributed by atoms with E-state index in [1.54, 1.807) is 6.07 Å². The molecule has 19 heavy (non-hydrogen) atoms. The highest BCUT2D eigenvalue weighted by atomic mass is 79.9. The highest BCUT2D eigenvalue weighted by molar-refractivity contribution is 9.10. The van der Waals surface area contributed by atoms with Gasteiger partial charge in [0.25, 0.3) is 0 Å². The molecule has 0 amide bonds. The molecule has 0 saturated heterocycles. The van der Waals surface area contributed by atoms with E-state index >= 15 is 0 Å². The first-order chi connectivity index (χ1) is 8.86. The molecule has 0 aromatic carbocycles. The van der Waals surface area contributed by atoms with Gasteiger partial charge >= 0.3 is 6.18 Å². The molecule has 1 N–H and O–H groups in total. The Hall–Kier alpha value is -1.34. The molecule has 0 aliphatic rings. The van der Waals surface area contributed by atoms with Crippen molar-refractivity contribution < 1.29 is 13.2 Å². The third-order valence-corrected chi connectivity index (χ3v) is 2.94. The fourth-order valence-corrected chi connectivity index (χ4v) is 2.02. The minimum Gasteiger partial charge on any atom is -0.338 e. The maximum Gasteiger partial charge on any atom is 0.433 e. The van der Waals surface area contributed by atoms with Gasteiger partial charge in [-0.3, -0.25) is 0 Å². The zero-order valence-electron chi connectivity index (χ0n) is 9.17. The number of pyridine rings is 2. The largest absolute Gasteiger partial charge is 0.433 e. The molecule has 0 aliphatic carbocycles. The molecule has 100 valence electrons. The summed E-state index contributed by atoms with van der Waals surface area (Å²) in [4.78, 5) is 7.34. The lowest BCUT2D eigenvalue weighted by molar-refractivity contribution is -0.141. The van der Waals surface area contributed by atoms with Crippen LogP contribution in [0.3, 0.4) is 0 Å². The fraction of sp³-hybridized carbons (Fsp3) is 0.0909. The van der Waals surface area contributed by atoms with Crippen molar-refractivity contribution in [3.05, 3.63) is 45.8 Å². The lowest BCUT2D eigenvalue weighted by atomic mass is 10.3. The number of hydrogen-bond acceptors (Lipinski definition) is 3. The van der Waals surface area contributed by atoms with Crippen molar-refractivity contribution in [2.45, 2.75) is 6.18 Å². The molecule has 0 atom stereocenters. The van der Waals surface area contributed by atoms with Crippen molar-refractivity contribution in [1.29, 1.82) is 0 Å². The fourth-order valence-electron chi connectivity index (χ4n) is 1.28. The SMILES string of the molecule is FC(F)(F)c1ccc(Nc2ncc(Cl)cc2Br)cn1. The molecule has 2 aromatic heterocycles. The second kappa shape index (κ2) is 5.34. The number of anilines is 2. The van der Waals surface area contributed by atoms with Crippen LogP contribution in [0.4, 0.5) is 24.7 Å². The predicted molar refractivity (Wildman–Crippen MR) is 69.5 cm³/mol. The van der Waals surface area contributed by atoms with Gasteiger partial charge < -0.3 is 5.32 Å². The maximum absolute atomic E-state index is 12.3.